The van der Waals surface area contributed by atoms with Crippen molar-refractivity contribution < 1.29 is 9.84 Å². The van der Waals surface area contributed by atoms with Crippen molar-refractivity contribution in [3.05, 3.63) is 28.2 Å². The highest BCUT2D eigenvalue weighted by Crippen LogP contribution is 2.30. The lowest BCUT2D eigenvalue weighted by atomic mass is 10.2. The second-order valence-electron chi connectivity index (χ2n) is 5.74. The number of rotatable bonds is 9. The lowest BCUT2D eigenvalue weighted by molar-refractivity contribution is 0.0666. The van der Waals surface area contributed by atoms with Crippen LogP contribution in [0, 0.1) is 5.92 Å². The molecule has 1 fully saturated rings. The van der Waals surface area contributed by atoms with Crippen molar-refractivity contribution in [1.29, 1.82) is 0 Å². The molecule has 0 spiro atoms. The van der Waals surface area contributed by atoms with E-state index in [1.165, 1.54) is 12.8 Å². The quantitative estimate of drug-likeness (QED) is 0.745. The Morgan fingerprint density at radius 3 is 2.81 bits per heavy atom. The summed E-state index contributed by atoms with van der Waals surface area (Å²) in [5.41, 5.74) is 0. The second kappa shape index (κ2) is 8.23. The molecule has 21 heavy (non-hydrogen) atoms. The van der Waals surface area contributed by atoms with Crippen molar-refractivity contribution >= 4 is 23.2 Å². The van der Waals surface area contributed by atoms with E-state index in [0.717, 1.165) is 25.4 Å². The number of hydrogen-bond donors (Lipinski definition) is 1. The molecular formula is C16H23Cl2NO2. The molecule has 0 unspecified atom stereocenters. The molecule has 0 amide bonds. The summed E-state index contributed by atoms with van der Waals surface area (Å²) >= 11 is 11.9. The average molecular weight is 332 g/mol. The third kappa shape index (κ3) is 6.03. The Bertz CT molecular complexity index is 452. The second-order valence-corrected chi connectivity index (χ2v) is 6.59. The van der Waals surface area contributed by atoms with Crippen molar-refractivity contribution in [2.45, 2.75) is 32.3 Å². The van der Waals surface area contributed by atoms with Crippen molar-refractivity contribution in [3.8, 4) is 5.75 Å². The van der Waals surface area contributed by atoms with E-state index in [2.05, 4.69) is 11.8 Å². The lowest BCUT2D eigenvalue weighted by Crippen LogP contribution is -2.37. The predicted octanol–water partition coefficient (Wildman–Crippen LogP) is 3.86. The van der Waals surface area contributed by atoms with Crippen LogP contribution in [0.15, 0.2) is 18.2 Å². The zero-order chi connectivity index (χ0) is 15.2. The predicted molar refractivity (Wildman–Crippen MR) is 87.4 cm³/mol. The van der Waals surface area contributed by atoms with Crippen molar-refractivity contribution in [2.75, 3.05) is 26.2 Å². The number of aliphatic hydroxyl groups is 1. The minimum Gasteiger partial charge on any atom is -0.489 e. The Balaban J connectivity index is 1.79. The topological polar surface area (TPSA) is 32.7 Å². The van der Waals surface area contributed by atoms with E-state index < -0.39 is 6.10 Å². The van der Waals surface area contributed by atoms with Crippen LogP contribution in [-0.4, -0.2) is 42.4 Å². The number of nitrogens with zero attached hydrogens (tertiary/aromatic N) is 1. The fourth-order valence-electron chi connectivity index (χ4n) is 2.36. The number of halogens is 2. The Morgan fingerprint density at radius 1 is 1.38 bits per heavy atom. The maximum Gasteiger partial charge on any atom is 0.139 e. The summed E-state index contributed by atoms with van der Waals surface area (Å²) in [6, 6.07) is 5.08. The van der Waals surface area contributed by atoms with Crippen molar-refractivity contribution in [3.63, 3.8) is 0 Å². The van der Waals surface area contributed by atoms with Gasteiger partial charge in [0, 0.05) is 24.2 Å². The summed E-state index contributed by atoms with van der Waals surface area (Å²) in [6.45, 7) is 5.14. The molecule has 0 radical (unpaired) electrons. The molecule has 0 saturated heterocycles. The van der Waals surface area contributed by atoms with Gasteiger partial charge in [-0.15, -0.1) is 0 Å². The Labute approximate surface area is 136 Å². The molecule has 0 heterocycles. The van der Waals surface area contributed by atoms with Gasteiger partial charge in [-0.05, 0) is 43.9 Å². The molecule has 5 heteroatoms. The maximum absolute atomic E-state index is 10.2. The van der Waals surface area contributed by atoms with Gasteiger partial charge in [0.1, 0.15) is 18.5 Å². The van der Waals surface area contributed by atoms with E-state index in [1.54, 1.807) is 18.2 Å². The summed E-state index contributed by atoms with van der Waals surface area (Å²) in [5, 5.41) is 11.2. The Morgan fingerprint density at radius 2 is 2.14 bits per heavy atom. The van der Waals surface area contributed by atoms with Gasteiger partial charge in [0.25, 0.3) is 0 Å². The number of aliphatic hydroxyl groups excluding tert-OH is 1. The number of benzene rings is 1. The monoisotopic (exact) mass is 331 g/mol. The largest absolute Gasteiger partial charge is 0.489 e. The van der Waals surface area contributed by atoms with Crippen LogP contribution in [0.5, 0.6) is 5.75 Å². The van der Waals surface area contributed by atoms with Crippen molar-refractivity contribution in [2.24, 2.45) is 5.92 Å². The first kappa shape index (κ1) is 16.9. The van der Waals surface area contributed by atoms with Crippen LogP contribution in [0.3, 0.4) is 0 Å². The highest BCUT2D eigenvalue weighted by molar-refractivity contribution is 6.34. The molecule has 0 aliphatic heterocycles. The van der Waals surface area contributed by atoms with Gasteiger partial charge in [0.2, 0.25) is 0 Å². The molecule has 1 atom stereocenters. The molecule has 2 rings (SSSR count). The summed E-state index contributed by atoms with van der Waals surface area (Å²) < 4.78 is 5.59. The zero-order valence-electron chi connectivity index (χ0n) is 12.4. The molecule has 1 saturated carbocycles. The molecular weight excluding hydrogens is 309 g/mol. The van der Waals surface area contributed by atoms with Gasteiger partial charge < -0.3 is 14.7 Å². The molecule has 3 nitrogen and oxygen atoms in total. The van der Waals surface area contributed by atoms with Crippen LogP contribution in [0.4, 0.5) is 0 Å². The van der Waals surface area contributed by atoms with E-state index in [1.807, 2.05) is 0 Å². The minimum atomic E-state index is -0.523. The zero-order valence-corrected chi connectivity index (χ0v) is 13.9. The van der Waals surface area contributed by atoms with Crippen LogP contribution >= 0.6 is 23.2 Å². The molecule has 118 valence electrons. The van der Waals surface area contributed by atoms with Crippen LogP contribution < -0.4 is 4.74 Å². The molecule has 1 aromatic carbocycles. The van der Waals surface area contributed by atoms with Crippen LogP contribution in [0.2, 0.25) is 10.0 Å². The summed E-state index contributed by atoms with van der Waals surface area (Å²) in [5.74, 6) is 1.35. The summed E-state index contributed by atoms with van der Waals surface area (Å²) in [4.78, 5) is 2.32. The van der Waals surface area contributed by atoms with E-state index >= 15 is 0 Å². The van der Waals surface area contributed by atoms with E-state index in [-0.39, 0.29) is 6.61 Å². The Hall–Kier alpha value is -0.480. The number of ether oxygens (including phenoxy) is 1. The number of hydrogen-bond acceptors (Lipinski definition) is 3. The highest BCUT2D eigenvalue weighted by atomic mass is 35.5. The minimum absolute atomic E-state index is 0.227. The van der Waals surface area contributed by atoms with E-state index in [4.69, 9.17) is 27.9 Å². The molecule has 1 N–H and O–H groups in total. The van der Waals surface area contributed by atoms with Gasteiger partial charge >= 0.3 is 0 Å². The van der Waals surface area contributed by atoms with E-state index in [0.29, 0.717) is 22.3 Å². The third-order valence-electron chi connectivity index (χ3n) is 3.55. The summed E-state index contributed by atoms with van der Waals surface area (Å²) in [6.07, 6.45) is 3.22. The van der Waals surface area contributed by atoms with Crippen molar-refractivity contribution in [1.82, 2.24) is 4.90 Å². The van der Waals surface area contributed by atoms with Crippen LogP contribution in [0.1, 0.15) is 26.2 Å². The third-order valence-corrected chi connectivity index (χ3v) is 4.09. The van der Waals surface area contributed by atoms with Gasteiger partial charge in [-0.1, -0.05) is 30.1 Å². The first-order valence-electron chi connectivity index (χ1n) is 7.56. The smallest absolute Gasteiger partial charge is 0.139 e. The standard InChI is InChI=1S/C16H23Cl2NO2/c1-2-7-19(9-12-3-4-12)10-14(20)11-21-16-8-13(17)5-6-15(16)18/h5-6,8,12,14,20H,2-4,7,9-11H2,1H3/t14-/m1/s1. The fourth-order valence-corrected chi connectivity index (χ4v) is 2.70. The highest BCUT2D eigenvalue weighted by Gasteiger charge is 2.25. The Kier molecular flexibility index (Phi) is 6.62. The normalized spacial score (nSPS) is 16.2. The van der Waals surface area contributed by atoms with Crippen LogP contribution in [-0.2, 0) is 0 Å². The van der Waals surface area contributed by atoms with Gasteiger partial charge in [0.15, 0.2) is 0 Å². The first-order chi connectivity index (χ1) is 10.1. The van der Waals surface area contributed by atoms with Gasteiger partial charge in [-0.25, -0.2) is 0 Å². The van der Waals surface area contributed by atoms with Crippen LogP contribution in [0.25, 0.3) is 0 Å². The van der Waals surface area contributed by atoms with Gasteiger partial charge in [0.05, 0.1) is 5.02 Å². The first-order valence-corrected chi connectivity index (χ1v) is 8.32. The SMILES string of the molecule is CCCN(CC1CC1)C[C@@H](O)COc1cc(Cl)ccc1Cl. The molecule has 0 aromatic heterocycles. The molecule has 1 aromatic rings. The molecule has 1 aliphatic rings. The molecule has 0 bridgehead atoms. The van der Waals surface area contributed by atoms with E-state index in [9.17, 15) is 5.11 Å². The fraction of sp³-hybridized carbons (Fsp3) is 0.625. The van der Waals surface area contributed by atoms with Gasteiger partial charge in [-0.3, -0.25) is 0 Å². The molecule has 1 aliphatic carbocycles. The van der Waals surface area contributed by atoms with Gasteiger partial charge in [-0.2, -0.15) is 0 Å². The lowest BCUT2D eigenvalue weighted by Gasteiger charge is -2.24. The summed E-state index contributed by atoms with van der Waals surface area (Å²) in [7, 11) is 0. The maximum atomic E-state index is 10.2. The average Bonchev–Trinajstić information content (AvgIpc) is 3.24.